The molecule has 3 saturated heterocycles. The van der Waals surface area contributed by atoms with Gasteiger partial charge in [0.15, 0.2) is 11.6 Å². The molecule has 5 heterocycles. The molecule has 2 aromatic rings. The molecule has 0 radical (unpaired) electrons. The van der Waals surface area contributed by atoms with E-state index in [1.165, 1.54) is 64.2 Å². The fourth-order valence-electron chi connectivity index (χ4n) is 7.99. The molecule has 2 atom stereocenters. The standard InChI is InChI=1S/C31H40N4O5/c1-38-30(37)23-20-33(16-15-31(23)39-17-18-40-31)28-29(36)35(25-12-8-7-11-24(25)32-28)27-19-22-13-14-26(27)34(22)21-9-5-3-2-4-6-10-21/h7-8,11-12,21-23H,2-6,9-10,13-20H2,1H3/t22-,23?/m0/s1. The summed E-state index contributed by atoms with van der Waals surface area (Å²) >= 11 is 0. The van der Waals surface area contributed by atoms with Gasteiger partial charge in [-0.05, 0) is 37.8 Å². The minimum absolute atomic E-state index is 0.112. The van der Waals surface area contributed by atoms with Crippen molar-refractivity contribution in [3.8, 4) is 0 Å². The number of esters is 1. The maximum Gasteiger partial charge on any atom is 0.315 e. The first kappa shape index (κ1) is 26.0. The van der Waals surface area contributed by atoms with Gasteiger partial charge in [0, 0.05) is 49.4 Å². The van der Waals surface area contributed by atoms with Gasteiger partial charge in [-0.2, -0.15) is 0 Å². The van der Waals surface area contributed by atoms with Crippen LogP contribution in [0.15, 0.2) is 34.8 Å². The van der Waals surface area contributed by atoms with Crippen molar-refractivity contribution in [2.24, 2.45) is 5.92 Å². The molecule has 0 amide bonds. The topological polar surface area (TPSA) is 86.1 Å². The van der Waals surface area contributed by atoms with Gasteiger partial charge >= 0.3 is 5.97 Å². The second-order valence-electron chi connectivity index (χ2n) is 12.0. The maximum absolute atomic E-state index is 14.4. The molecule has 1 aliphatic carbocycles. The molecule has 9 nitrogen and oxygen atoms in total. The Morgan fingerprint density at radius 1 is 1.00 bits per heavy atom. The highest BCUT2D eigenvalue weighted by Gasteiger charge is 2.53. The summed E-state index contributed by atoms with van der Waals surface area (Å²) in [6.07, 6.45) is 12.7. The summed E-state index contributed by atoms with van der Waals surface area (Å²) in [4.78, 5) is 36.8. The van der Waals surface area contributed by atoms with E-state index in [-0.39, 0.29) is 18.1 Å². The number of hydrogen-bond donors (Lipinski definition) is 0. The van der Waals surface area contributed by atoms with Crippen LogP contribution < -0.4 is 10.5 Å². The van der Waals surface area contributed by atoms with Gasteiger partial charge < -0.3 is 24.0 Å². The molecule has 214 valence electrons. The van der Waals surface area contributed by atoms with Gasteiger partial charge in [-0.25, -0.2) is 4.98 Å². The van der Waals surface area contributed by atoms with Crippen LogP contribution in [0.5, 0.6) is 0 Å². The monoisotopic (exact) mass is 548 g/mol. The van der Waals surface area contributed by atoms with E-state index in [0.29, 0.717) is 44.1 Å². The van der Waals surface area contributed by atoms with Crippen LogP contribution >= 0.6 is 0 Å². The number of benzene rings is 1. The molecular weight excluding hydrogens is 508 g/mol. The minimum atomic E-state index is -0.993. The lowest BCUT2D eigenvalue weighted by molar-refractivity contribution is -0.214. The van der Waals surface area contributed by atoms with Crippen LogP contribution in [-0.2, 0) is 19.0 Å². The molecule has 1 saturated carbocycles. The molecule has 5 aliphatic rings. The maximum atomic E-state index is 14.4. The summed E-state index contributed by atoms with van der Waals surface area (Å²) in [5.74, 6) is -1.66. The Bertz CT molecular complexity index is 1370. The highest BCUT2D eigenvalue weighted by molar-refractivity contribution is 5.81. The molecule has 0 N–H and O–H groups in total. The Labute approximate surface area is 235 Å². The number of fused-ring (bicyclic) bond motifs is 3. The normalized spacial score (nSPS) is 27.0. The van der Waals surface area contributed by atoms with Gasteiger partial charge in [-0.3, -0.25) is 14.2 Å². The lowest BCUT2D eigenvalue weighted by Gasteiger charge is -2.42. The van der Waals surface area contributed by atoms with Crippen LogP contribution in [0.1, 0.15) is 70.6 Å². The number of hydrogen-bond acceptors (Lipinski definition) is 8. The second kappa shape index (κ2) is 10.5. The van der Waals surface area contributed by atoms with Crippen LogP contribution in [0.4, 0.5) is 5.82 Å². The van der Waals surface area contributed by atoms with E-state index in [1.54, 1.807) is 0 Å². The van der Waals surface area contributed by atoms with Gasteiger partial charge in [0.05, 0.1) is 31.4 Å². The number of piperidine rings is 1. The Morgan fingerprint density at radius 3 is 2.52 bits per heavy atom. The third-order valence-electron chi connectivity index (χ3n) is 9.89. The summed E-state index contributed by atoms with van der Waals surface area (Å²) in [5, 5.41) is 0. The summed E-state index contributed by atoms with van der Waals surface area (Å²) in [6, 6.07) is 9.00. The van der Waals surface area contributed by atoms with Gasteiger partial charge in [-0.1, -0.05) is 44.2 Å². The van der Waals surface area contributed by atoms with Crippen LogP contribution in [0.3, 0.4) is 0 Å². The smallest absolute Gasteiger partial charge is 0.315 e. The number of anilines is 1. The van der Waals surface area contributed by atoms with E-state index >= 15 is 0 Å². The van der Waals surface area contributed by atoms with Crippen molar-refractivity contribution in [2.45, 2.75) is 88.5 Å². The average molecular weight is 549 g/mol. The first-order valence-corrected chi connectivity index (χ1v) is 15.2. The van der Waals surface area contributed by atoms with Crippen molar-refractivity contribution in [3.63, 3.8) is 0 Å². The Balaban J connectivity index is 1.29. The predicted molar refractivity (Wildman–Crippen MR) is 152 cm³/mol. The van der Waals surface area contributed by atoms with E-state index in [9.17, 15) is 9.59 Å². The molecule has 7 rings (SSSR count). The molecule has 9 heteroatoms. The number of para-hydroxylation sites is 2. The minimum Gasteiger partial charge on any atom is -0.469 e. The van der Waals surface area contributed by atoms with Crippen LogP contribution in [0, 0.1) is 5.92 Å². The van der Waals surface area contributed by atoms with Crippen molar-refractivity contribution in [1.29, 1.82) is 0 Å². The van der Waals surface area contributed by atoms with E-state index in [2.05, 4.69) is 4.90 Å². The number of carbonyl (C=O) groups is 1. The van der Waals surface area contributed by atoms with E-state index in [0.717, 1.165) is 29.6 Å². The van der Waals surface area contributed by atoms with Crippen LogP contribution in [0.2, 0.25) is 0 Å². The predicted octanol–water partition coefficient (Wildman–Crippen LogP) is 4.29. The highest BCUT2D eigenvalue weighted by Crippen LogP contribution is 2.46. The number of methoxy groups -OCH3 is 1. The first-order valence-electron chi connectivity index (χ1n) is 15.2. The third kappa shape index (κ3) is 4.24. The Hall–Kier alpha value is -2.91. The van der Waals surface area contributed by atoms with Crippen molar-refractivity contribution in [3.05, 3.63) is 40.3 Å². The number of allylic oxidation sites excluding steroid dienone is 1. The number of nitrogens with zero attached hydrogens (tertiary/aromatic N) is 4. The van der Waals surface area contributed by atoms with Crippen molar-refractivity contribution in [1.82, 2.24) is 14.5 Å². The number of aromatic nitrogens is 2. The summed E-state index contributed by atoms with van der Waals surface area (Å²) in [6.45, 7) is 1.67. The van der Waals surface area contributed by atoms with Crippen molar-refractivity contribution in [2.75, 3.05) is 38.3 Å². The molecule has 2 bridgehead atoms. The van der Waals surface area contributed by atoms with E-state index in [4.69, 9.17) is 19.2 Å². The Kier molecular flexibility index (Phi) is 6.82. The van der Waals surface area contributed by atoms with Gasteiger partial charge in [0.2, 0.25) is 0 Å². The molecule has 4 aliphatic heterocycles. The fourth-order valence-corrected chi connectivity index (χ4v) is 7.99. The van der Waals surface area contributed by atoms with Crippen molar-refractivity contribution < 1.29 is 19.0 Å². The summed E-state index contributed by atoms with van der Waals surface area (Å²) < 4.78 is 19.0. The van der Waals surface area contributed by atoms with Gasteiger partial charge in [-0.15, -0.1) is 0 Å². The van der Waals surface area contributed by atoms with Crippen LogP contribution in [-0.4, -0.2) is 71.7 Å². The van der Waals surface area contributed by atoms with Crippen molar-refractivity contribution >= 4 is 28.5 Å². The second-order valence-corrected chi connectivity index (χ2v) is 12.0. The van der Waals surface area contributed by atoms with E-state index in [1.807, 2.05) is 33.7 Å². The SMILES string of the molecule is COC(=O)C1CN(c2nc3ccccc3n(C3=C4CC[C@@H](C3)N4C3CCCCCCC3)c2=O)CCC12OCCO2. The largest absolute Gasteiger partial charge is 0.469 e. The number of rotatable bonds is 4. The zero-order chi connectivity index (χ0) is 27.3. The third-order valence-corrected chi connectivity index (χ3v) is 9.89. The molecule has 1 aromatic carbocycles. The lowest BCUT2D eigenvalue weighted by Crippen LogP contribution is -2.57. The molecule has 1 unspecified atom stereocenters. The molecule has 4 fully saturated rings. The molecular formula is C31H40N4O5. The zero-order valence-electron chi connectivity index (χ0n) is 23.5. The average Bonchev–Trinajstić information content (AvgIpc) is 3.68. The highest BCUT2D eigenvalue weighted by atomic mass is 16.7. The first-order chi connectivity index (χ1) is 19.6. The summed E-state index contributed by atoms with van der Waals surface area (Å²) in [5.41, 5.74) is 4.03. The quantitative estimate of drug-likeness (QED) is 0.523. The van der Waals surface area contributed by atoms with E-state index < -0.39 is 11.7 Å². The lowest BCUT2D eigenvalue weighted by atomic mass is 9.90. The molecule has 1 aromatic heterocycles. The number of carbonyl (C=O) groups excluding carboxylic acids is 1. The van der Waals surface area contributed by atoms with Gasteiger partial charge in [0.25, 0.3) is 5.56 Å². The van der Waals surface area contributed by atoms with Gasteiger partial charge in [0.1, 0.15) is 5.92 Å². The van der Waals surface area contributed by atoms with Crippen LogP contribution in [0.25, 0.3) is 16.7 Å². The zero-order valence-corrected chi connectivity index (χ0v) is 23.5. The summed E-state index contributed by atoms with van der Waals surface area (Å²) in [7, 11) is 1.38. The molecule has 40 heavy (non-hydrogen) atoms. The fraction of sp³-hybridized carbons (Fsp3) is 0.645. The molecule has 1 spiro atoms. The Morgan fingerprint density at radius 2 is 1.75 bits per heavy atom. The number of ether oxygens (including phenoxy) is 3.